The number of thiocarbonyl (C=S) groups is 1. The molecule has 0 aromatic heterocycles. The van der Waals surface area contributed by atoms with Crippen LogP contribution < -0.4 is 0 Å². The van der Waals surface area contributed by atoms with Gasteiger partial charge >= 0.3 is 0 Å². The lowest BCUT2D eigenvalue weighted by Gasteiger charge is -2.02. The molecule has 1 aromatic carbocycles. The molecular weight excluding hydrogens is 164 g/mol. The zero-order valence-corrected chi connectivity index (χ0v) is 7.60. The molecule has 60 valence electrons. The van der Waals surface area contributed by atoms with Crippen LogP contribution in [0.25, 0.3) is 0 Å². The minimum Gasteiger partial charge on any atom is -0.120 e. The lowest BCUT2D eigenvalue weighted by atomic mass is 10.0. The predicted octanol–water partition coefficient (Wildman–Crippen LogP) is 2.40. The molecule has 0 saturated heterocycles. The van der Waals surface area contributed by atoms with Crippen molar-refractivity contribution in [1.82, 2.24) is 0 Å². The average molecular weight is 174 g/mol. The fourth-order valence-electron chi connectivity index (χ4n) is 1.13. The van der Waals surface area contributed by atoms with Crippen LogP contribution >= 0.6 is 12.2 Å². The maximum atomic E-state index is 5.24. The number of hydrogen-bond donors (Lipinski definition) is 0. The van der Waals surface area contributed by atoms with Crippen molar-refractivity contribution in [3.8, 4) is 12.3 Å². The van der Waals surface area contributed by atoms with E-state index in [9.17, 15) is 0 Å². The highest BCUT2D eigenvalue weighted by atomic mass is 32.1. The maximum absolute atomic E-state index is 5.24. The summed E-state index contributed by atoms with van der Waals surface area (Å²) in [5.74, 6) is 2.63. The summed E-state index contributed by atoms with van der Waals surface area (Å²) in [5, 5.41) is 1.73. The van der Waals surface area contributed by atoms with Gasteiger partial charge in [0.25, 0.3) is 0 Å². The number of rotatable bonds is 3. The van der Waals surface area contributed by atoms with Gasteiger partial charge in [-0.15, -0.1) is 12.3 Å². The molecule has 0 bridgehead atoms. The van der Waals surface area contributed by atoms with E-state index in [-0.39, 0.29) is 0 Å². The Bertz CT molecular complexity index is 307. The lowest BCUT2D eigenvalue weighted by Crippen LogP contribution is -1.92. The zero-order valence-electron chi connectivity index (χ0n) is 6.79. The van der Waals surface area contributed by atoms with Gasteiger partial charge in [0.2, 0.25) is 0 Å². The van der Waals surface area contributed by atoms with Crippen LogP contribution in [0.5, 0.6) is 0 Å². The van der Waals surface area contributed by atoms with Gasteiger partial charge < -0.3 is 0 Å². The summed E-state index contributed by atoms with van der Waals surface area (Å²) in [7, 11) is 0. The van der Waals surface area contributed by atoms with Gasteiger partial charge in [-0.2, -0.15) is 0 Å². The second-order valence-electron chi connectivity index (χ2n) is 2.52. The maximum Gasteiger partial charge on any atom is 0.0340 e. The van der Waals surface area contributed by atoms with Crippen LogP contribution in [-0.2, 0) is 12.8 Å². The summed E-state index contributed by atoms with van der Waals surface area (Å²) in [6.45, 7) is 0. The van der Waals surface area contributed by atoms with Gasteiger partial charge in [0.05, 0.1) is 0 Å². The second-order valence-corrected chi connectivity index (χ2v) is 2.85. The smallest absolute Gasteiger partial charge is 0.0340 e. The summed E-state index contributed by atoms with van der Waals surface area (Å²) >= 11 is 4.80. The molecule has 0 spiro atoms. The molecule has 0 aliphatic rings. The molecule has 0 unspecified atom stereocenters. The van der Waals surface area contributed by atoms with E-state index >= 15 is 0 Å². The summed E-state index contributed by atoms with van der Waals surface area (Å²) in [6, 6.07) is 8.12. The van der Waals surface area contributed by atoms with Crippen LogP contribution in [-0.4, -0.2) is 5.37 Å². The van der Waals surface area contributed by atoms with Crippen molar-refractivity contribution in [2.75, 3.05) is 0 Å². The molecule has 0 N–H and O–H groups in total. The molecule has 0 nitrogen and oxygen atoms in total. The van der Waals surface area contributed by atoms with E-state index in [0.29, 0.717) is 6.42 Å². The zero-order chi connectivity index (χ0) is 8.81. The van der Waals surface area contributed by atoms with Crippen LogP contribution in [0.4, 0.5) is 0 Å². The molecule has 0 radical (unpaired) electrons. The molecule has 0 aliphatic heterocycles. The minimum atomic E-state index is 0.694. The van der Waals surface area contributed by atoms with Crippen LogP contribution in [0.2, 0.25) is 0 Å². The van der Waals surface area contributed by atoms with Crippen LogP contribution in [0.15, 0.2) is 24.3 Å². The van der Waals surface area contributed by atoms with Gasteiger partial charge in [0.15, 0.2) is 0 Å². The third-order valence-electron chi connectivity index (χ3n) is 1.71. The van der Waals surface area contributed by atoms with E-state index in [1.807, 2.05) is 18.2 Å². The second kappa shape index (κ2) is 4.69. The molecule has 1 rings (SSSR count). The molecule has 12 heavy (non-hydrogen) atoms. The fourth-order valence-corrected chi connectivity index (χ4v) is 1.31. The van der Waals surface area contributed by atoms with Crippen molar-refractivity contribution in [1.29, 1.82) is 0 Å². The van der Waals surface area contributed by atoms with Crippen molar-refractivity contribution in [2.45, 2.75) is 12.8 Å². The Labute approximate surface area is 78.6 Å². The normalized spacial score (nSPS) is 8.92. The van der Waals surface area contributed by atoms with E-state index in [1.165, 1.54) is 11.1 Å². The Morgan fingerprint density at radius 1 is 1.33 bits per heavy atom. The van der Waals surface area contributed by atoms with Crippen molar-refractivity contribution in [3.63, 3.8) is 0 Å². The quantitative estimate of drug-likeness (QED) is 0.501. The molecule has 0 heterocycles. The van der Waals surface area contributed by atoms with Crippen molar-refractivity contribution in [3.05, 3.63) is 35.4 Å². The van der Waals surface area contributed by atoms with Gasteiger partial charge in [0, 0.05) is 12.8 Å². The standard InChI is InChI=1S/C11H10S/c1-2-5-10-6-3-4-7-11(10)8-9-12/h1,3-4,6-7,9H,5,8H2. The topological polar surface area (TPSA) is 0 Å². The number of hydrogen-bond acceptors (Lipinski definition) is 1. The third kappa shape index (κ3) is 2.18. The first-order chi connectivity index (χ1) is 5.88. The molecule has 0 fully saturated rings. The highest BCUT2D eigenvalue weighted by Gasteiger charge is 1.96. The summed E-state index contributed by atoms with van der Waals surface area (Å²) in [4.78, 5) is 0. The van der Waals surface area contributed by atoms with Crippen molar-refractivity contribution < 1.29 is 0 Å². The van der Waals surface area contributed by atoms with Gasteiger partial charge in [-0.1, -0.05) is 36.5 Å². The summed E-state index contributed by atoms with van der Waals surface area (Å²) in [5.41, 5.74) is 2.45. The Kier molecular flexibility index (Phi) is 3.50. The highest BCUT2D eigenvalue weighted by Crippen LogP contribution is 2.08. The van der Waals surface area contributed by atoms with Gasteiger partial charge in [-0.05, 0) is 16.5 Å². The minimum absolute atomic E-state index is 0.694. The Hall–Kier alpha value is -1.13. The fraction of sp³-hybridized carbons (Fsp3) is 0.182. The molecule has 0 atom stereocenters. The van der Waals surface area contributed by atoms with Crippen LogP contribution in [0.3, 0.4) is 0 Å². The molecule has 1 aromatic rings. The molecule has 0 amide bonds. The first kappa shape index (κ1) is 8.96. The number of benzene rings is 1. The molecule has 0 saturated carbocycles. The first-order valence-electron chi connectivity index (χ1n) is 3.82. The van der Waals surface area contributed by atoms with Crippen LogP contribution in [0.1, 0.15) is 11.1 Å². The van der Waals surface area contributed by atoms with Gasteiger partial charge in [-0.25, -0.2) is 0 Å². The molecule has 0 aliphatic carbocycles. The van der Waals surface area contributed by atoms with Gasteiger partial charge in [-0.3, -0.25) is 0 Å². The Balaban J connectivity index is 2.93. The summed E-state index contributed by atoms with van der Waals surface area (Å²) < 4.78 is 0. The van der Waals surface area contributed by atoms with E-state index < -0.39 is 0 Å². The Morgan fingerprint density at radius 2 is 2.00 bits per heavy atom. The SMILES string of the molecule is C#CCc1ccccc1CC=S. The van der Waals surface area contributed by atoms with E-state index in [4.69, 9.17) is 18.6 Å². The largest absolute Gasteiger partial charge is 0.120 e. The lowest BCUT2D eigenvalue weighted by molar-refractivity contribution is 1.22. The molecular formula is C11H10S. The highest BCUT2D eigenvalue weighted by molar-refractivity contribution is 7.78. The van der Waals surface area contributed by atoms with E-state index in [1.54, 1.807) is 5.37 Å². The van der Waals surface area contributed by atoms with Crippen molar-refractivity contribution in [2.24, 2.45) is 0 Å². The third-order valence-corrected chi connectivity index (χ3v) is 1.88. The average Bonchev–Trinajstić information content (AvgIpc) is 2.09. The first-order valence-corrected chi connectivity index (χ1v) is 4.29. The van der Waals surface area contributed by atoms with E-state index in [2.05, 4.69) is 12.0 Å². The molecule has 1 heteroatoms. The van der Waals surface area contributed by atoms with Crippen LogP contribution in [0, 0.1) is 12.3 Å². The monoisotopic (exact) mass is 174 g/mol. The Morgan fingerprint density at radius 3 is 2.58 bits per heavy atom. The number of terminal acetylenes is 1. The van der Waals surface area contributed by atoms with E-state index in [0.717, 1.165) is 6.42 Å². The predicted molar refractivity (Wildman–Crippen MR) is 56.3 cm³/mol. The van der Waals surface area contributed by atoms with Crippen molar-refractivity contribution >= 4 is 17.6 Å². The van der Waals surface area contributed by atoms with Gasteiger partial charge in [0.1, 0.15) is 0 Å². The summed E-state index contributed by atoms with van der Waals surface area (Å²) in [6.07, 6.45) is 6.76.